The Hall–Kier alpha value is -3.35. The van der Waals surface area contributed by atoms with E-state index >= 15 is 0 Å². The van der Waals surface area contributed by atoms with Gasteiger partial charge in [-0.1, -0.05) is 30.3 Å². The second-order valence-electron chi connectivity index (χ2n) is 4.70. The summed E-state index contributed by atoms with van der Waals surface area (Å²) in [6.45, 7) is 0. The van der Waals surface area contributed by atoms with Crippen molar-refractivity contribution in [2.45, 2.75) is 0 Å². The van der Waals surface area contributed by atoms with Gasteiger partial charge < -0.3 is 0 Å². The molecule has 0 unspecified atom stereocenters. The van der Waals surface area contributed by atoms with Crippen LogP contribution in [0.5, 0.6) is 0 Å². The normalized spacial score (nSPS) is 11.0. The molecule has 0 aliphatic carbocycles. The van der Waals surface area contributed by atoms with Crippen LogP contribution >= 0.6 is 0 Å². The van der Waals surface area contributed by atoms with Crippen molar-refractivity contribution in [1.82, 2.24) is 15.6 Å². The number of rotatable bonds is 3. The summed E-state index contributed by atoms with van der Waals surface area (Å²) in [5.41, 5.74) is 2.65. The second kappa shape index (κ2) is 6.18. The van der Waals surface area contributed by atoms with Gasteiger partial charge in [0.05, 0.1) is 11.6 Å². The van der Waals surface area contributed by atoms with Crippen LogP contribution in [0.15, 0.2) is 58.4 Å². The first-order valence-corrected chi connectivity index (χ1v) is 6.71. The summed E-state index contributed by atoms with van der Waals surface area (Å²) < 4.78 is 12.8. The minimum absolute atomic E-state index is 0.0662. The van der Waals surface area contributed by atoms with Crippen LogP contribution in [-0.2, 0) is 0 Å². The molecule has 114 valence electrons. The molecule has 2 aromatic carbocycles. The van der Waals surface area contributed by atoms with Crippen molar-refractivity contribution in [2.24, 2.45) is 5.10 Å². The third kappa shape index (κ3) is 3.13. The number of aromatic amines is 1. The molecule has 23 heavy (non-hydrogen) atoms. The maximum Gasteiger partial charge on any atom is 0.292 e. The second-order valence-corrected chi connectivity index (χ2v) is 4.70. The summed E-state index contributed by atoms with van der Waals surface area (Å²) in [7, 11) is 0. The highest BCUT2D eigenvalue weighted by atomic mass is 19.1. The Morgan fingerprint density at radius 2 is 1.83 bits per heavy atom. The first-order chi connectivity index (χ1) is 11.1. The van der Waals surface area contributed by atoms with Crippen LogP contribution in [0.1, 0.15) is 16.1 Å². The number of fused-ring (bicyclic) bond motifs is 1. The maximum absolute atomic E-state index is 12.8. The topological polar surface area (TPSA) is 87.2 Å². The van der Waals surface area contributed by atoms with E-state index < -0.39 is 5.91 Å². The Kier molecular flexibility index (Phi) is 3.92. The van der Waals surface area contributed by atoms with Crippen molar-refractivity contribution in [3.05, 3.63) is 76.0 Å². The van der Waals surface area contributed by atoms with Crippen molar-refractivity contribution in [3.8, 4) is 0 Å². The smallest absolute Gasteiger partial charge is 0.267 e. The molecule has 6 nitrogen and oxygen atoms in total. The van der Waals surface area contributed by atoms with Gasteiger partial charge in [-0.05, 0) is 23.8 Å². The molecular weight excluding hydrogens is 299 g/mol. The number of H-pyrrole nitrogens is 1. The zero-order chi connectivity index (χ0) is 16.2. The summed E-state index contributed by atoms with van der Waals surface area (Å²) in [6.07, 6.45) is 1.38. The average molecular weight is 310 g/mol. The van der Waals surface area contributed by atoms with E-state index in [4.69, 9.17) is 0 Å². The van der Waals surface area contributed by atoms with E-state index in [0.717, 1.165) is 0 Å². The fourth-order valence-electron chi connectivity index (χ4n) is 2.06. The lowest BCUT2D eigenvalue weighted by Crippen LogP contribution is -2.22. The zero-order valence-corrected chi connectivity index (χ0v) is 11.8. The molecule has 3 rings (SSSR count). The van der Waals surface area contributed by atoms with Crippen molar-refractivity contribution < 1.29 is 9.18 Å². The van der Waals surface area contributed by atoms with Gasteiger partial charge in [-0.15, -0.1) is 0 Å². The highest BCUT2D eigenvalue weighted by Gasteiger charge is 2.12. The Labute approximate surface area is 129 Å². The molecule has 0 bridgehead atoms. The van der Waals surface area contributed by atoms with Crippen molar-refractivity contribution in [1.29, 1.82) is 0 Å². The summed E-state index contributed by atoms with van der Waals surface area (Å²) in [4.78, 5) is 23.8. The number of amides is 1. The van der Waals surface area contributed by atoms with Crippen LogP contribution in [-0.4, -0.2) is 22.3 Å². The van der Waals surface area contributed by atoms with Gasteiger partial charge in [-0.2, -0.15) is 10.2 Å². The Morgan fingerprint density at radius 1 is 1.13 bits per heavy atom. The fourth-order valence-corrected chi connectivity index (χ4v) is 2.06. The van der Waals surface area contributed by atoms with Gasteiger partial charge in [0.2, 0.25) is 0 Å². The van der Waals surface area contributed by atoms with E-state index in [1.54, 1.807) is 24.3 Å². The van der Waals surface area contributed by atoms with E-state index in [1.165, 1.54) is 30.5 Å². The molecule has 0 fully saturated rings. The zero-order valence-electron chi connectivity index (χ0n) is 11.8. The first-order valence-electron chi connectivity index (χ1n) is 6.71. The van der Waals surface area contributed by atoms with Gasteiger partial charge in [-0.25, -0.2) is 14.9 Å². The highest BCUT2D eigenvalue weighted by molar-refractivity contribution is 6.04. The lowest BCUT2D eigenvalue weighted by molar-refractivity contribution is 0.0951. The molecule has 7 heteroatoms. The van der Waals surface area contributed by atoms with Crippen LogP contribution in [0.3, 0.4) is 0 Å². The SMILES string of the molecule is O=C(N/N=C\c1ccc(F)cc1)c1n[nH]c(=O)c2ccccc12. The van der Waals surface area contributed by atoms with Gasteiger partial charge in [-0.3, -0.25) is 9.59 Å². The maximum atomic E-state index is 12.8. The number of hydrogen-bond acceptors (Lipinski definition) is 4. The summed E-state index contributed by atoms with van der Waals surface area (Å²) in [5.74, 6) is -0.911. The fraction of sp³-hybridized carbons (Fsp3) is 0. The molecule has 3 aromatic rings. The molecule has 0 radical (unpaired) electrons. The van der Waals surface area contributed by atoms with Crippen LogP contribution in [0.2, 0.25) is 0 Å². The average Bonchev–Trinajstić information content (AvgIpc) is 2.57. The minimum atomic E-state index is -0.559. The Balaban J connectivity index is 1.83. The molecule has 0 aliphatic heterocycles. The van der Waals surface area contributed by atoms with Crippen molar-refractivity contribution >= 4 is 22.9 Å². The third-order valence-corrected chi connectivity index (χ3v) is 3.16. The van der Waals surface area contributed by atoms with Gasteiger partial charge in [0, 0.05) is 5.39 Å². The number of hydrogen-bond donors (Lipinski definition) is 2. The standard InChI is InChI=1S/C16H11FN4O2/c17-11-7-5-10(6-8-11)9-18-20-16(23)14-12-3-1-2-4-13(12)15(22)21-19-14/h1-9H,(H,20,23)(H,21,22)/b18-9-. The number of halogens is 1. The number of nitrogens with one attached hydrogen (secondary N) is 2. The monoisotopic (exact) mass is 310 g/mol. The summed E-state index contributed by atoms with van der Waals surface area (Å²) >= 11 is 0. The molecule has 1 aromatic heterocycles. The summed E-state index contributed by atoms with van der Waals surface area (Å²) in [6, 6.07) is 12.3. The highest BCUT2D eigenvalue weighted by Crippen LogP contribution is 2.11. The van der Waals surface area contributed by atoms with Gasteiger partial charge in [0.25, 0.3) is 11.5 Å². The lowest BCUT2D eigenvalue weighted by atomic mass is 10.1. The molecule has 1 amide bonds. The molecule has 1 heterocycles. The van der Waals surface area contributed by atoms with Crippen molar-refractivity contribution in [3.63, 3.8) is 0 Å². The molecular formula is C16H11FN4O2. The van der Waals surface area contributed by atoms with Crippen LogP contribution < -0.4 is 11.0 Å². The van der Waals surface area contributed by atoms with Gasteiger partial charge >= 0.3 is 0 Å². The predicted molar refractivity (Wildman–Crippen MR) is 83.8 cm³/mol. The molecule has 2 N–H and O–H groups in total. The number of carbonyl (C=O) groups is 1. The van der Waals surface area contributed by atoms with Crippen LogP contribution in [0, 0.1) is 5.82 Å². The Bertz CT molecular complexity index is 948. The molecule has 0 aliphatic rings. The van der Waals surface area contributed by atoms with Crippen LogP contribution in [0.25, 0.3) is 10.8 Å². The molecule has 0 saturated heterocycles. The summed E-state index contributed by atoms with van der Waals surface area (Å²) in [5, 5.41) is 10.7. The van der Waals surface area contributed by atoms with Gasteiger partial charge in [0.15, 0.2) is 5.69 Å². The number of carbonyl (C=O) groups excluding carboxylic acids is 1. The van der Waals surface area contributed by atoms with Crippen molar-refractivity contribution in [2.75, 3.05) is 0 Å². The number of nitrogens with zero attached hydrogens (tertiary/aromatic N) is 2. The Morgan fingerprint density at radius 3 is 2.57 bits per heavy atom. The predicted octanol–water partition coefficient (Wildman–Crippen LogP) is 1.83. The van der Waals surface area contributed by atoms with E-state index in [9.17, 15) is 14.0 Å². The number of benzene rings is 2. The quantitative estimate of drug-likeness (QED) is 0.571. The van der Waals surface area contributed by atoms with E-state index in [2.05, 4.69) is 20.7 Å². The number of aromatic nitrogens is 2. The largest absolute Gasteiger partial charge is 0.292 e. The molecule has 0 atom stereocenters. The van der Waals surface area contributed by atoms with Gasteiger partial charge in [0.1, 0.15) is 5.82 Å². The first kappa shape index (κ1) is 14.6. The minimum Gasteiger partial charge on any atom is -0.267 e. The number of hydrazone groups is 1. The lowest BCUT2D eigenvalue weighted by Gasteiger charge is -2.03. The molecule has 0 saturated carbocycles. The molecule has 0 spiro atoms. The van der Waals surface area contributed by atoms with E-state index in [0.29, 0.717) is 16.3 Å². The van der Waals surface area contributed by atoms with E-state index in [-0.39, 0.29) is 17.1 Å². The van der Waals surface area contributed by atoms with Crippen LogP contribution in [0.4, 0.5) is 4.39 Å². The van der Waals surface area contributed by atoms with E-state index in [1.807, 2.05) is 0 Å². The third-order valence-electron chi connectivity index (χ3n) is 3.16.